The zero-order valence-electron chi connectivity index (χ0n) is 11.0. The van der Waals surface area contributed by atoms with Crippen LogP contribution in [0, 0.1) is 0 Å². The van der Waals surface area contributed by atoms with Gasteiger partial charge in [-0.2, -0.15) is 5.10 Å². The van der Waals surface area contributed by atoms with Gasteiger partial charge in [-0.15, -0.1) is 0 Å². The number of rotatable bonds is 3. The quantitative estimate of drug-likeness (QED) is 0.596. The van der Waals surface area contributed by atoms with Crippen molar-refractivity contribution in [2.45, 2.75) is 0 Å². The average Bonchev–Trinajstić information content (AvgIpc) is 2.99. The largest absolute Gasteiger partial charge is 0.398 e. The normalized spacial score (nSPS) is 10.5. The molecule has 2 N–H and O–H groups in total. The molecule has 0 spiro atoms. The maximum absolute atomic E-state index is 12.6. The van der Waals surface area contributed by atoms with Crippen molar-refractivity contribution in [1.82, 2.24) is 9.78 Å². The van der Waals surface area contributed by atoms with Gasteiger partial charge in [0.15, 0.2) is 0 Å². The second kappa shape index (κ2) is 5.42. The minimum atomic E-state index is -0.153. The molecule has 0 atom stereocenters. The highest BCUT2D eigenvalue weighted by molar-refractivity contribution is 6.33. The molecule has 0 radical (unpaired) electrons. The third-order valence-corrected chi connectivity index (χ3v) is 3.48. The second-order valence-electron chi connectivity index (χ2n) is 4.53. The van der Waals surface area contributed by atoms with E-state index >= 15 is 0 Å². The molecule has 0 fully saturated rings. The average molecular weight is 298 g/mol. The number of anilines is 1. The zero-order chi connectivity index (χ0) is 14.8. The van der Waals surface area contributed by atoms with Crippen LogP contribution >= 0.6 is 11.6 Å². The Morgan fingerprint density at radius 1 is 1.10 bits per heavy atom. The van der Waals surface area contributed by atoms with E-state index in [4.69, 9.17) is 17.3 Å². The van der Waals surface area contributed by atoms with E-state index in [9.17, 15) is 4.79 Å². The molecule has 1 heterocycles. The van der Waals surface area contributed by atoms with E-state index in [2.05, 4.69) is 5.10 Å². The van der Waals surface area contributed by atoms with E-state index in [-0.39, 0.29) is 5.78 Å². The minimum absolute atomic E-state index is 0.153. The first kappa shape index (κ1) is 13.4. The van der Waals surface area contributed by atoms with Crippen LogP contribution < -0.4 is 5.73 Å². The van der Waals surface area contributed by atoms with Gasteiger partial charge in [0.2, 0.25) is 5.78 Å². The third kappa shape index (κ3) is 2.53. The van der Waals surface area contributed by atoms with E-state index in [1.165, 1.54) is 0 Å². The number of nitrogens with two attached hydrogens (primary N) is 1. The Bertz CT molecular complexity index is 796. The summed E-state index contributed by atoms with van der Waals surface area (Å²) in [5.41, 5.74) is 7.92. The van der Waals surface area contributed by atoms with Crippen LogP contribution in [0.4, 0.5) is 5.69 Å². The number of aromatic nitrogens is 2. The highest BCUT2D eigenvalue weighted by Crippen LogP contribution is 2.22. The number of halogens is 1. The summed E-state index contributed by atoms with van der Waals surface area (Å²) in [7, 11) is 0. The van der Waals surface area contributed by atoms with Crippen LogP contribution in [-0.4, -0.2) is 15.6 Å². The Morgan fingerprint density at radius 3 is 2.57 bits per heavy atom. The van der Waals surface area contributed by atoms with Crippen LogP contribution in [0.1, 0.15) is 16.1 Å². The van der Waals surface area contributed by atoms with Gasteiger partial charge in [-0.1, -0.05) is 29.8 Å². The number of ketones is 1. The molecule has 104 valence electrons. The van der Waals surface area contributed by atoms with Gasteiger partial charge in [0.25, 0.3) is 0 Å². The molecular formula is C16H12ClN3O. The van der Waals surface area contributed by atoms with Crippen LogP contribution in [0.3, 0.4) is 0 Å². The summed E-state index contributed by atoms with van der Waals surface area (Å²) in [6.45, 7) is 0. The van der Waals surface area contributed by atoms with Crippen LogP contribution in [-0.2, 0) is 0 Å². The van der Waals surface area contributed by atoms with Crippen LogP contribution in [0.2, 0.25) is 5.02 Å². The Labute approximate surface area is 126 Å². The van der Waals surface area contributed by atoms with E-state index < -0.39 is 0 Å². The Balaban J connectivity index is 2.03. The lowest BCUT2D eigenvalue weighted by atomic mass is 10.1. The monoisotopic (exact) mass is 297 g/mol. The number of benzene rings is 2. The van der Waals surface area contributed by atoms with E-state index in [1.54, 1.807) is 35.1 Å². The van der Waals surface area contributed by atoms with Gasteiger partial charge < -0.3 is 5.73 Å². The molecule has 0 aliphatic rings. The van der Waals surface area contributed by atoms with Crippen LogP contribution in [0.25, 0.3) is 5.69 Å². The van der Waals surface area contributed by atoms with E-state index in [0.29, 0.717) is 22.0 Å². The molecule has 0 aliphatic heterocycles. The number of hydrogen-bond acceptors (Lipinski definition) is 3. The SMILES string of the molecule is Nc1cc(C(=O)c2ccnn2-c2ccccc2)ccc1Cl. The van der Waals surface area contributed by atoms with E-state index in [0.717, 1.165) is 5.69 Å². The van der Waals surface area contributed by atoms with Gasteiger partial charge in [-0.25, -0.2) is 4.68 Å². The first-order chi connectivity index (χ1) is 10.2. The van der Waals surface area contributed by atoms with Crippen molar-refractivity contribution in [1.29, 1.82) is 0 Å². The molecule has 0 saturated heterocycles. The summed E-state index contributed by atoms with van der Waals surface area (Å²) < 4.78 is 1.60. The first-order valence-electron chi connectivity index (χ1n) is 6.36. The fraction of sp³-hybridized carbons (Fsp3) is 0. The third-order valence-electron chi connectivity index (χ3n) is 3.13. The number of carbonyl (C=O) groups excluding carboxylic acids is 1. The molecule has 0 saturated carbocycles. The van der Waals surface area contributed by atoms with Crippen LogP contribution in [0.5, 0.6) is 0 Å². The summed E-state index contributed by atoms with van der Waals surface area (Å²) in [5, 5.41) is 4.64. The molecule has 0 unspecified atom stereocenters. The van der Waals surface area contributed by atoms with Gasteiger partial charge in [0.1, 0.15) is 5.69 Å². The fourth-order valence-electron chi connectivity index (χ4n) is 2.08. The van der Waals surface area contributed by atoms with Crippen molar-refractivity contribution >= 4 is 23.1 Å². The number of nitrogen functional groups attached to an aromatic ring is 1. The van der Waals surface area contributed by atoms with Crippen LogP contribution in [0.15, 0.2) is 60.8 Å². The summed E-state index contributed by atoms with van der Waals surface area (Å²) in [4.78, 5) is 12.6. The molecular weight excluding hydrogens is 286 g/mol. The summed E-state index contributed by atoms with van der Waals surface area (Å²) >= 11 is 5.88. The van der Waals surface area contributed by atoms with Gasteiger partial charge >= 0.3 is 0 Å². The molecule has 5 heteroatoms. The predicted molar refractivity (Wildman–Crippen MR) is 82.9 cm³/mol. The lowest BCUT2D eigenvalue weighted by Gasteiger charge is -2.07. The molecule has 1 aromatic heterocycles. The molecule has 4 nitrogen and oxygen atoms in total. The standard InChI is InChI=1S/C16H12ClN3O/c17-13-7-6-11(10-14(13)18)16(21)15-8-9-19-20(15)12-4-2-1-3-5-12/h1-10H,18H2. The summed E-state index contributed by atoms with van der Waals surface area (Å²) in [6.07, 6.45) is 1.60. The van der Waals surface area contributed by atoms with Crippen molar-refractivity contribution in [3.05, 3.63) is 77.1 Å². The molecule has 3 rings (SSSR count). The highest BCUT2D eigenvalue weighted by atomic mass is 35.5. The maximum atomic E-state index is 12.6. The molecule has 0 bridgehead atoms. The van der Waals surface area contributed by atoms with Gasteiger partial charge in [-0.3, -0.25) is 4.79 Å². The summed E-state index contributed by atoms with van der Waals surface area (Å²) in [5.74, 6) is -0.153. The van der Waals surface area contributed by atoms with Crippen molar-refractivity contribution < 1.29 is 4.79 Å². The number of hydrogen-bond donors (Lipinski definition) is 1. The topological polar surface area (TPSA) is 60.9 Å². The van der Waals surface area contributed by atoms with Gasteiger partial charge in [-0.05, 0) is 36.4 Å². The lowest BCUT2D eigenvalue weighted by Crippen LogP contribution is -2.10. The van der Waals surface area contributed by atoms with Crippen molar-refractivity contribution in [3.63, 3.8) is 0 Å². The lowest BCUT2D eigenvalue weighted by molar-refractivity contribution is 0.103. The molecule has 3 aromatic rings. The maximum Gasteiger partial charge on any atom is 0.211 e. The Hall–Kier alpha value is -2.59. The van der Waals surface area contributed by atoms with Crippen molar-refractivity contribution in [2.75, 3.05) is 5.73 Å². The zero-order valence-corrected chi connectivity index (χ0v) is 11.8. The number of carbonyl (C=O) groups is 1. The number of para-hydroxylation sites is 1. The highest BCUT2D eigenvalue weighted by Gasteiger charge is 2.16. The van der Waals surface area contributed by atoms with Crippen molar-refractivity contribution in [3.8, 4) is 5.69 Å². The first-order valence-corrected chi connectivity index (χ1v) is 6.74. The summed E-state index contributed by atoms with van der Waals surface area (Å²) in [6, 6.07) is 16.0. The molecule has 2 aromatic carbocycles. The molecule has 21 heavy (non-hydrogen) atoms. The number of nitrogens with zero attached hydrogens (tertiary/aromatic N) is 2. The second-order valence-corrected chi connectivity index (χ2v) is 4.94. The molecule has 0 amide bonds. The smallest absolute Gasteiger partial charge is 0.211 e. The fourth-order valence-corrected chi connectivity index (χ4v) is 2.20. The minimum Gasteiger partial charge on any atom is -0.398 e. The Morgan fingerprint density at radius 2 is 1.86 bits per heavy atom. The van der Waals surface area contributed by atoms with Gasteiger partial charge in [0.05, 0.1) is 22.6 Å². The van der Waals surface area contributed by atoms with E-state index in [1.807, 2.05) is 30.3 Å². The predicted octanol–water partition coefficient (Wildman–Crippen LogP) is 3.34. The Kier molecular flexibility index (Phi) is 3.46. The molecule has 0 aliphatic carbocycles. The van der Waals surface area contributed by atoms with Gasteiger partial charge in [0, 0.05) is 5.56 Å². The van der Waals surface area contributed by atoms with Crippen molar-refractivity contribution in [2.24, 2.45) is 0 Å².